The fourth-order valence-electron chi connectivity index (χ4n) is 4.79. The molecular formula is C31H35N7O. The first-order valence-corrected chi connectivity index (χ1v) is 13.2. The summed E-state index contributed by atoms with van der Waals surface area (Å²) in [4.78, 5) is 35.3. The summed E-state index contributed by atoms with van der Waals surface area (Å²) in [7, 11) is 5.92. The van der Waals surface area contributed by atoms with Crippen molar-refractivity contribution in [3.63, 3.8) is 0 Å². The number of likely N-dealkylation sites (N-methyl/N-ethyl adjacent to an activating group) is 1. The van der Waals surface area contributed by atoms with Crippen molar-refractivity contribution in [3.8, 4) is 11.3 Å². The van der Waals surface area contributed by atoms with E-state index in [0.29, 0.717) is 11.5 Å². The highest BCUT2D eigenvalue weighted by atomic mass is 16.2. The fraction of sp³-hybridized carbons (Fsp3) is 0.290. The molecule has 1 aliphatic rings. The van der Waals surface area contributed by atoms with E-state index in [9.17, 15) is 4.79 Å². The summed E-state index contributed by atoms with van der Waals surface area (Å²) in [6.45, 7) is 7.29. The van der Waals surface area contributed by atoms with Gasteiger partial charge < -0.3 is 14.7 Å². The smallest absolute Gasteiger partial charge is 0.258 e. The molecule has 0 aliphatic carbocycles. The molecule has 0 unspecified atom stereocenters. The van der Waals surface area contributed by atoms with Gasteiger partial charge in [0.2, 0.25) is 5.95 Å². The van der Waals surface area contributed by atoms with Crippen molar-refractivity contribution in [2.75, 3.05) is 57.1 Å². The SMILES string of the molecule is Cc1ccc(N(C)C(=O)c2ccc(CN3CCN(C)CC3)cc2)cc1N(C)c1nccc(-c2cccnc2)n1. The molecule has 0 bridgehead atoms. The minimum atomic E-state index is -0.0478. The van der Waals surface area contributed by atoms with E-state index in [2.05, 4.69) is 38.9 Å². The zero-order valence-electron chi connectivity index (χ0n) is 23.1. The highest BCUT2D eigenvalue weighted by Crippen LogP contribution is 2.30. The summed E-state index contributed by atoms with van der Waals surface area (Å²) in [6.07, 6.45) is 5.29. The van der Waals surface area contributed by atoms with Crippen molar-refractivity contribution in [1.29, 1.82) is 0 Å². The summed E-state index contributed by atoms with van der Waals surface area (Å²) < 4.78 is 0. The van der Waals surface area contributed by atoms with Gasteiger partial charge in [0.1, 0.15) is 0 Å². The Morgan fingerprint density at radius 1 is 0.949 bits per heavy atom. The molecule has 2 aromatic heterocycles. The highest BCUT2D eigenvalue weighted by Gasteiger charge is 2.18. The van der Waals surface area contributed by atoms with E-state index in [1.54, 1.807) is 23.5 Å². The number of nitrogens with zero attached hydrogens (tertiary/aromatic N) is 7. The van der Waals surface area contributed by atoms with Crippen LogP contribution in [0.1, 0.15) is 21.5 Å². The van der Waals surface area contributed by atoms with Gasteiger partial charge in [0.25, 0.3) is 5.91 Å². The van der Waals surface area contributed by atoms with Crippen LogP contribution in [0.4, 0.5) is 17.3 Å². The molecule has 5 rings (SSSR count). The zero-order valence-corrected chi connectivity index (χ0v) is 23.1. The average Bonchev–Trinajstić information content (AvgIpc) is 2.98. The number of aryl methyl sites for hydroxylation is 1. The monoisotopic (exact) mass is 521 g/mol. The molecule has 0 spiro atoms. The number of rotatable bonds is 7. The van der Waals surface area contributed by atoms with E-state index in [-0.39, 0.29) is 5.91 Å². The summed E-state index contributed by atoms with van der Waals surface area (Å²) in [5, 5.41) is 0. The number of piperazine rings is 1. The molecule has 1 fully saturated rings. The molecule has 39 heavy (non-hydrogen) atoms. The van der Waals surface area contributed by atoms with Crippen molar-refractivity contribution < 1.29 is 4.79 Å². The largest absolute Gasteiger partial charge is 0.313 e. The van der Waals surface area contributed by atoms with Crippen molar-refractivity contribution in [1.82, 2.24) is 24.8 Å². The van der Waals surface area contributed by atoms with E-state index in [1.807, 2.05) is 74.4 Å². The summed E-state index contributed by atoms with van der Waals surface area (Å²) in [5.74, 6) is 0.523. The van der Waals surface area contributed by atoms with Gasteiger partial charge in [0.15, 0.2) is 0 Å². The van der Waals surface area contributed by atoms with Crippen LogP contribution < -0.4 is 9.80 Å². The normalized spacial score (nSPS) is 14.3. The number of hydrogen-bond donors (Lipinski definition) is 0. The van der Waals surface area contributed by atoms with Crippen molar-refractivity contribution in [2.24, 2.45) is 0 Å². The van der Waals surface area contributed by atoms with E-state index in [0.717, 1.165) is 60.9 Å². The van der Waals surface area contributed by atoms with E-state index in [1.165, 1.54) is 5.56 Å². The van der Waals surface area contributed by atoms with Crippen molar-refractivity contribution in [3.05, 3.63) is 95.9 Å². The lowest BCUT2D eigenvalue weighted by atomic mass is 10.1. The lowest BCUT2D eigenvalue weighted by Gasteiger charge is -2.32. The summed E-state index contributed by atoms with van der Waals surface area (Å²) in [6, 6.07) is 19.8. The first kappa shape index (κ1) is 26.5. The van der Waals surface area contributed by atoms with Gasteiger partial charge in [-0.1, -0.05) is 18.2 Å². The third kappa shape index (κ3) is 6.13. The van der Waals surface area contributed by atoms with Gasteiger partial charge >= 0.3 is 0 Å². The minimum Gasteiger partial charge on any atom is -0.313 e. The Bertz CT molecular complexity index is 1420. The van der Waals surface area contributed by atoms with Gasteiger partial charge in [-0.3, -0.25) is 14.7 Å². The molecule has 1 aliphatic heterocycles. The Kier molecular flexibility index (Phi) is 7.95. The van der Waals surface area contributed by atoms with Crippen LogP contribution in [-0.2, 0) is 6.54 Å². The molecule has 0 N–H and O–H groups in total. The number of amides is 1. The Morgan fingerprint density at radius 2 is 1.72 bits per heavy atom. The molecule has 8 nitrogen and oxygen atoms in total. The molecule has 1 saturated heterocycles. The van der Waals surface area contributed by atoms with Crippen molar-refractivity contribution >= 4 is 23.2 Å². The molecule has 3 heterocycles. The summed E-state index contributed by atoms with van der Waals surface area (Å²) in [5.41, 5.74) is 6.42. The van der Waals surface area contributed by atoms with Gasteiger partial charge in [0, 0.05) is 87.9 Å². The highest BCUT2D eigenvalue weighted by molar-refractivity contribution is 6.06. The van der Waals surface area contributed by atoms with Crippen LogP contribution in [0.3, 0.4) is 0 Å². The van der Waals surface area contributed by atoms with Crippen LogP contribution in [-0.4, -0.2) is 78.0 Å². The number of aromatic nitrogens is 3. The van der Waals surface area contributed by atoms with Crippen molar-refractivity contribution in [2.45, 2.75) is 13.5 Å². The van der Waals surface area contributed by atoms with Crippen LogP contribution in [0, 0.1) is 6.92 Å². The molecule has 2 aromatic carbocycles. The number of hydrogen-bond acceptors (Lipinski definition) is 7. The predicted octanol–water partition coefficient (Wildman–Crippen LogP) is 4.64. The molecular weight excluding hydrogens is 486 g/mol. The quantitative estimate of drug-likeness (QED) is 0.351. The number of carbonyl (C=O) groups is 1. The molecule has 0 saturated carbocycles. The second-order valence-corrected chi connectivity index (χ2v) is 10.2. The van der Waals surface area contributed by atoms with Gasteiger partial charge in [-0.15, -0.1) is 0 Å². The number of benzene rings is 2. The molecule has 0 radical (unpaired) electrons. The predicted molar refractivity (Wildman–Crippen MR) is 156 cm³/mol. The second kappa shape index (κ2) is 11.7. The first-order valence-electron chi connectivity index (χ1n) is 13.2. The Balaban J connectivity index is 1.31. The number of carbonyl (C=O) groups excluding carboxylic acids is 1. The maximum atomic E-state index is 13.4. The third-order valence-corrected chi connectivity index (χ3v) is 7.35. The van der Waals surface area contributed by atoms with E-state index in [4.69, 9.17) is 4.98 Å². The minimum absolute atomic E-state index is 0.0478. The van der Waals surface area contributed by atoms with Crippen LogP contribution in [0.5, 0.6) is 0 Å². The Morgan fingerprint density at radius 3 is 2.44 bits per heavy atom. The molecule has 1 amide bonds. The average molecular weight is 522 g/mol. The first-order chi connectivity index (χ1) is 18.9. The van der Waals surface area contributed by atoms with Gasteiger partial charge in [0.05, 0.1) is 5.69 Å². The van der Waals surface area contributed by atoms with Crippen LogP contribution in [0.15, 0.2) is 79.3 Å². The lowest BCUT2D eigenvalue weighted by Crippen LogP contribution is -2.43. The number of pyridine rings is 1. The Labute approximate surface area is 230 Å². The molecule has 4 aromatic rings. The standard InChI is InChI=1S/C31H35N7O/c1-23-7-12-27(20-29(23)37(4)31-33-15-13-28(34-31)26-6-5-14-32-21-26)36(3)30(39)25-10-8-24(9-11-25)22-38-18-16-35(2)17-19-38/h5-15,20-21H,16-19,22H2,1-4H3. The van der Waals surface area contributed by atoms with Crippen LogP contribution in [0.25, 0.3) is 11.3 Å². The lowest BCUT2D eigenvalue weighted by molar-refractivity contribution is 0.0993. The number of anilines is 3. The fourth-order valence-corrected chi connectivity index (χ4v) is 4.79. The molecule has 8 heteroatoms. The summed E-state index contributed by atoms with van der Waals surface area (Å²) >= 11 is 0. The molecule has 0 atom stereocenters. The maximum Gasteiger partial charge on any atom is 0.258 e. The topological polar surface area (TPSA) is 68.7 Å². The van der Waals surface area contributed by atoms with E-state index < -0.39 is 0 Å². The van der Waals surface area contributed by atoms with Crippen LogP contribution >= 0.6 is 0 Å². The van der Waals surface area contributed by atoms with Crippen LogP contribution in [0.2, 0.25) is 0 Å². The third-order valence-electron chi connectivity index (χ3n) is 7.35. The Hall–Kier alpha value is -4.14. The second-order valence-electron chi connectivity index (χ2n) is 10.2. The zero-order chi connectivity index (χ0) is 27.4. The maximum absolute atomic E-state index is 13.4. The van der Waals surface area contributed by atoms with Gasteiger partial charge in [-0.25, -0.2) is 9.97 Å². The molecule has 200 valence electrons. The van der Waals surface area contributed by atoms with E-state index >= 15 is 0 Å². The van der Waals surface area contributed by atoms with Gasteiger partial charge in [-0.05, 0) is 67.6 Å². The van der Waals surface area contributed by atoms with Gasteiger partial charge in [-0.2, -0.15) is 0 Å².